The summed E-state index contributed by atoms with van der Waals surface area (Å²) < 4.78 is 5.94. The fraction of sp³-hybridized carbons (Fsp3) is 0.933. The second kappa shape index (κ2) is 5.30. The van der Waals surface area contributed by atoms with Crippen molar-refractivity contribution in [2.24, 2.45) is 5.92 Å². The molecule has 1 rings (SSSR count). The van der Waals surface area contributed by atoms with Crippen LogP contribution in [0.15, 0.2) is 0 Å². The van der Waals surface area contributed by atoms with Gasteiger partial charge in [0.25, 0.3) is 0 Å². The van der Waals surface area contributed by atoms with Gasteiger partial charge in [-0.2, -0.15) is 0 Å². The van der Waals surface area contributed by atoms with Gasteiger partial charge < -0.3 is 9.64 Å². The third-order valence-electron chi connectivity index (χ3n) is 4.30. The third-order valence-corrected chi connectivity index (χ3v) is 4.30. The summed E-state index contributed by atoms with van der Waals surface area (Å²) in [6.45, 7) is 16.2. The maximum absolute atomic E-state index is 12.5. The highest BCUT2D eigenvalue weighted by molar-refractivity contribution is 5.91. The maximum Gasteiger partial charge on any atom is 0.171 e. The van der Waals surface area contributed by atoms with Crippen LogP contribution in [0, 0.1) is 5.92 Å². The molecule has 106 valence electrons. The molecule has 1 aliphatic rings. The summed E-state index contributed by atoms with van der Waals surface area (Å²) >= 11 is 0. The van der Waals surface area contributed by atoms with E-state index in [0.29, 0.717) is 6.04 Å². The Hall–Kier alpha value is -0.410. The molecule has 2 atom stereocenters. The van der Waals surface area contributed by atoms with Crippen molar-refractivity contribution >= 4 is 5.78 Å². The number of hydrogen-bond donors (Lipinski definition) is 0. The summed E-state index contributed by atoms with van der Waals surface area (Å²) in [5.74, 6) is 0.218. The van der Waals surface area contributed by atoms with Crippen molar-refractivity contribution in [1.29, 1.82) is 0 Å². The second-order valence-corrected chi connectivity index (χ2v) is 6.48. The van der Waals surface area contributed by atoms with Crippen molar-refractivity contribution in [1.82, 2.24) is 4.90 Å². The van der Waals surface area contributed by atoms with E-state index in [-0.39, 0.29) is 17.3 Å². The Balaban J connectivity index is 2.85. The lowest BCUT2D eigenvalue weighted by atomic mass is 9.85. The van der Waals surface area contributed by atoms with Crippen LogP contribution >= 0.6 is 0 Å². The van der Waals surface area contributed by atoms with Crippen LogP contribution in [0.3, 0.4) is 0 Å². The van der Waals surface area contributed by atoms with E-state index in [1.807, 2.05) is 27.7 Å². The monoisotopic (exact) mass is 255 g/mol. The molecule has 0 aromatic heterocycles. The second-order valence-electron chi connectivity index (χ2n) is 6.48. The molecular formula is C15H29NO2. The molecule has 3 nitrogen and oxygen atoms in total. The first-order chi connectivity index (χ1) is 8.15. The van der Waals surface area contributed by atoms with Crippen molar-refractivity contribution in [3.8, 4) is 0 Å². The van der Waals surface area contributed by atoms with Gasteiger partial charge in [0.15, 0.2) is 5.78 Å². The predicted octanol–water partition coefficient (Wildman–Crippen LogP) is 2.88. The zero-order valence-corrected chi connectivity index (χ0v) is 13.0. The fourth-order valence-corrected chi connectivity index (χ4v) is 2.93. The summed E-state index contributed by atoms with van der Waals surface area (Å²) in [5.41, 5.74) is -0.996. The van der Waals surface area contributed by atoms with Crippen LogP contribution in [-0.4, -0.2) is 41.0 Å². The van der Waals surface area contributed by atoms with Gasteiger partial charge in [-0.3, -0.25) is 4.79 Å². The van der Waals surface area contributed by atoms with E-state index in [2.05, 4.69) is 25.7 Å². The van der Waals surface area contributed by atoms with Gasteiger partial charge >= 0.3 is 0 Å². The average Bonchev–Trinajstić information content (AvgIpc) is 2.41. The van der Waals surface area contributed by atoms with Crippen LogP contribution in [0.5, 0.6) is 0 Å². The van der Waals surface area contributed by atoms with Gasteiger partial charge in [0.05, 0.1) is 11.5 Å². The topological polar surface area (TPSA) is 29.5 Å². The number of nitrogens with zero attached hydrogens (tertiary/aromatic N) is 1. The third kappa shape index (κ3) is 2.94. The number of Topliss-reactive ketones (excluding diaryl/α,β-unsaturated/α-hetero) is 1. The standard InChI is InChI=1S/C15H29NO2/c1-8-11(3)16(9-2)10-12-13(17)15(6,7)18-14(12,4)5/h11-12H,8-10H2,1-7H3. The van der Waals surface area contributed by atoms with E-state index in [1.54, 1.807) is 0 Å². The molecule has 0 aromatic carbocycles. The van der Waals surface area contributed by atoms with Crippen LogP contribution in [0.25, 0.3) is 0 Å². The summed E-state index contributed by atoms with van der Waals surface area (Å²) in [6.07, 6.45) is 1.11. The first kappa shape index (κ1) is 15.6. The highest BCUT2D eigenvalue weighted by Crippen LogP contribution is 2.39. The lowest BCUT2D eigenvalue weighted by molar-refractivity contribution is -0.132. The number of ether oxygens (including phenoxy) is 1. The zero-order valence-electron chi connectivity index (χ0n) is 13.0. The maximum atomic E-state index is 12.5. The fourth-order valence-electron chi connectivity index (χ4n) is 2.93. The normalized spacial score (nSPS) is 27.8. The molecule has 1 fully saturated rings. The van der Waals surface area contributed by atoms with Gasteiger partial charge in [0.2, 0.25) is 0 Å². The quantitative estimate of drug-likeness (QED) is 0.756. The first-order valence-electron chi connectivity index (χ1n) is 7.14. The zero-order chi connectivity index (χ0) is 14.1. The van der Waals surface area contributed by atoms with Crippen molar-refractivity contribution in [3.05, 3.63) is 0 Å². The Morgan fingerprint density at radius 2 is 1.83 bits per heavy atom. The lowest BCUT2D eigenvalue weighted by Crippen LogP contribution is -2.44. The molecule has 3 heteroatoms. The smallest absolute Gasteiger partial charge is 0.171 e. The molecule has 0 radical (unpaired) electrons. The summed E-state index contributed by atoms with van der Waals surface area (Å²) in [4.78, 5) is 14.8. The molecular weight excluding hydrogens is 226 g/mol. The Bertz CT molecular complexity index is 310. The number of rotatable bonds is 5. The van der Waals surface area contributed by atoms with Crippen molar-refractivity contribution < 1.29 is 9.53 Å². The lowest BCUT2D eigenvalue weighted by Gasteiger charge is -2.33. The highest BCUT2D eigenvalue weighted by atomic mass is 16.5. The summed E-state index contributed by atoms with van der Waals surface area (Å²) in [6, 6.07) is 0.516. The van der Waals surface area contributed by atoms with Gasteiger partial charge in [-0.25, -0.2) is 0 Å². The number of hydrogen-bond acceptors (Lipinski definition) is 3. The Kier molecular flexibility index (Phi) is 4.60. The minimum atomic E-state index is -0.636. The van der Waals surface area contributed by atoms with E-state index in [0.717, 1.165) is 19.5 Å². The first-order valence-corrected chi connectivity index (χ1v) is 7.14. The van der Waals surface area contributed by atoms with Crippen LogP contribution in [-0.2, 0) is 9.53 Å². The summed E-state index contributed by atoms with van der Waals surface area (Å²) in [7, 11) is 0. The number of carbonyl (C=O) groups is 1. The van der Waals surface area contributed by atoms with E-state index < -0.39 is 5.60 Å². The Morgan fingerprint density at radius 3 is 2.17 bits per heavy atom. The molecule has 1 heterocycles. The molecule has 18 heavy (non-hydrogen) atoms. The Morgan fingerprint density at radius 1 is 1.28 bits per heavy atom. The van der Waals surface area contributed by atoms with Gasteiger partial charge in [-0.1, -0.05) is 13.8 Å². The average molecular weight is 255 g/mol. The van der Waals surface area contributed by atoms with E-state index in [1.165, 1.54) is 0 Å². The SMILES string of the molecule is CCC(C)N(CC)CC1C(=O)C(C)(C)OC1(C)C. The summed E-state index contributed by atoms with van der Waals surface area (Å²) in [5, 5.41) is 0. The largest absolute Gasteiger partial charge is 0.361 e. The van der Waals surface area contributed by atoms with E-state index >= 15 is 0 Å². The van der Waals surface area contributed by atoms with Crippen LogP contribution in [0.1, 0.15) is 54.9 Å². The van der Waals surface area contributed by atoms with E-state index in [4.69, 9.17) is 4.74 Å². The minimum Gasteiger partial charge on any atom is -0.361 e. The van der Waals surface area contributed by atoms with Gasteiger partial charge in [0, 0.05) is 12.6 Å². The van der Waals surface area contributed by atoms with Crippen LogP contribution in [0.2, 0.25) is 0 Å². The number of ketones is 1. The molecule has 0 N–H and O–H groups in total. The molecule has 0 amide bonds. The van der Waals surface area contributed by atoms with Gasteiger partial charge in [-0.05, 0) is 47.6 Å². The molecule has 1 aliphatic heterocycles. The molecule has 0 saturated carbocycles. The van der Waals surface area contributed by atoms with Crippen molar-refractivity contribution in [2.45, 2.75) is 72.1 Å². The molecule has 0 spiro atoms. The molecule has 0 bridgehead atoms. The van der Waals surface area contributed by atoms with E-state index in [9.17, 15) is 4.79 Å². The van der Waals surface area contributed by atoms with Crippen molar-refractivity contribution in [2.75, 3.05) is 13.1 Å². The molecule has 0 aromatic rings. The number of carbonyl (C=O) groups excluding carboxylic acids is 1. The van der Waals surface area contributed by atoms with Gasteiger partial charge in [-0.15, -0.1) is 0 Å². The Labute approximate surface area is 112 Å². The van der Waals surface area contributed by atoms with Crippen LogP contribution < -0.4 is 0 Å². The van der Waals surface area contributed by atoms with Crippen molar-refractivity contribution in [3.63, 3.8) is 0 Å². The highest BCUT2D eigenvalue weighted by Gasteiger charge is 2.53. The molecule has 1 saturated heterocycles. The minimum absolute atomic E-state index is 0.0264. The molecule has 2 unspecified atom stereocenters. The van der Waals surface area contributed by atoms with Gasteiger partial charge in [0.1, 0.15) is 5.60 Å². The predicted molar refractivity (Wildman–Crippen MR) is 74.7 cm³/mol. The van der Waals surface area contributed by atoms with Crippen LogP contribution in [0.4, 0.5) is 0 Å². The molecule has 0 aliphatic carbocycles.